The maximum Gasteiger partial charge on any atom is 0.420 e. The first-order chi connectivity index (χ1) is 16.5. The summed E-state index contributed by atoms with van der Waals surface area (Å²) >= 11 is 0. The highest BCUT2D eigenvalue weighted by atomic mass is 19.4. The Bertz CT molecular complexity index is 1080. The molecule has 1 N–H and O–H groups in total. The molecule has 0 bridgehead atoms. The SMILES string of the molecule is [2H]C([2H])([C@H]1CCOC1)N1CC2CC(Nc3nnc(-c4cc(C)ccc4C)cc3C(F)(F)F)CC2C1. The van der Waals surface area contributed by atoms with Crippen LogP contribution in [0.15, 0.2) is 24.3 Å². The molecule has 3 aliphatic rings. The summed E-state index contributed by atoms with van der Waals surface area (Å²) in [6.07, 6.45) is -2.46. The van der Waals surface area contributed by atoms with E-state index < -0.39 is 18.2 Å². The highest BCUT2D eigenvalue weighted by Gasteiger charge is 2.43. The van der Waals surface area contributed by atoms with E-state index in [1.165, 1.54) is 0 Å². The van der Waals surface area contributed by atoms with Crippen LogP contribution in [0.25, 0.3) is 11.3 Å². The Morgan fingerprint density at radius 2 is 1.91 bits per heavy atom. The van der Waals surface area contributed by atoms with Crippen LogP contribution in [0, 0.1) is 31.6 Å². The lowest BCUT2D eigenvalue weighted by molar-refractivity contribution is -0.137. The van der Waals surface area contributed by atoms with Gasteiger partial charge < -0.3 is 15.0 Å². The number of aryl methyl sites for hydroxylation is 2. The van der Waals surface area contributed by atoms with Crippen LogP contribution in [0.2, 0.25) is 0 Å². The monoisotopic (exact) mass is 462 g/mol. The van der Waals surface area contributed by atoms with Crippen molar-refractivity contribution < 1.29 is 20.6 Å². The molecule has 3 fully saturated rings. The maximum absolute atomic E-state index is 14.0. The van der Waals surface area contributed by atoms with Crippen molar-refractivity contribution in [3.8, 4) is 11.3 Å². The van der Waals surface area contributed by atoms with Gasteiger partial charge in [-0.2, -0.15) is 13.2 Å². The Morgan fingerprint density at radius 3 is 2.58 bits per heavy atom. The lowest BCUT2D eigenvalue weighted by atomic mass is 10.0. The number of alkyl halides is 3. The predicted molar refractivity (Wildman–Crippen MR) is 121 cm³/mol. The molecule has 0 spiro atoms. The summed E-state index contributed by atoms with van der Waals surface area (Å²) in [6, 6.07) is 6.56. The van der Waals surface area contributed by atoms with Gasteiger partial charge in [-0.15, -0.1) is 10.2 Å². The number of anilines is 1. The van der Waals surface area contributed by atoms with Crippen molar-refractivity contribution in [2.24, 2.45) is 17.8 Å². The Kier molecular flexibility index (Phi) is 5.43. The summed E-state index contributed by atoms with van der Waals surface area (Å²) in [5, 5.41) is 11.2. The van der Waals surface area contributed by atoms with E-state index in [-0.39, 0.29) is 35.3 Å². The van der Waals surface area contributed by atoms with Crippen LogP contribution in [-0.4, -0.2) is 53.9 Å². The van der Waals surface area contributed by atoms with Gasteiger partial charge in [-0.3, -0.25) is 0 Å². The number of aromatic nitrogens is 2. The minimum absolute atomic E-state index is 0.129. The molecular weight excluding hydrogens is 429 g/mol. The lowest BCUT2D eigenvalue weighted by Crippen LogP contribution is -2.30. The van der Waals surface area contributed by atoms with Gasteiger partial charge in [0.25, 0.3) is 0 Å². The number of likely N-dealkylation sites (tertiary alicyclic amines) is 1. The fraction of sp³-hybridized carbons (Fsp3) is 0.600. The zero-order chi connectivity index (χ0) is 25.0. The number of nitrogens with one attached hydrogen (secondary N) is 1. The molecule has 5 nitrogen and oxygen atoms in total. The smallest absolute Gasteiger partial charge is 0.381 e. The van der Waals surface area contributed by atoms with Gasteiger partial charge in [-0.05, 0) is 68.6 Å². The molecule has 2 aliphatic heterocycles. The van der Waals surface area contributed by atoms with Crippen LogP contribution in [0.1, 0.15) is 38.7 Å². The Balaban J connectivity index is 1.30. The van der Waals surface area contributed by atoms with Crippen molar-refractivity contribution in [2.45, 2.75) is 45.3 Å². The second-order valence-corrected chi connectivity index (χ2v) is 9.74. The molecule has 1 aromatic heterocycles. The minimum Gasteiger partial charge on any atom is -0.381 e. The zero-order valence-corrected chi connectivity index (χ0v) is 19.0. The molecule has 1 saturated carbocycles. The largest absolute Gasteiger partial charge is 0.420 e. The van der Waals surface area contributed by atoms with Gasteiger partial charge in [0.1, 0.15) is 5.56 Å². The Morgan fingerprint density at radius 1 is 1.15 bits per heavy atom. The van der Waals surface area contributed by atoms with Crippen LogP contribution in [-0.2, 0) is 10.9 Å². The number of ether oxygens (including phenoxy) is 1. The van der Waals surface area contributed by atoms with E-state index in [4.69, 9.17) is 7.48 Å². The average molecular weight is 463 g/mol. The van der Waals surface area contributed by atoms with Gasteiger partial charge in [0.2, 0.25) is 0 Å². The second kappa shape index (κ2) is 8.87. The van der Waals surface area contributed by atoms with Crippen LogP contribution in [0.5, 0.6) is 0 Å². The lowest BCUT2D eigenvalue weighted by Gasteiger charge is -2.23. The zero-order valence-electron chi connectivity index (χ0n) is 21.0. The molecule has 178 valence electrons. The van der Waals surface area contributed by atoms with Gasteiger partial charge in [0.15, 0.2) is 5.82 Å². The number of fused-ring (bicyclic) bond motifs is 1. The van der Waals surface area contributed by atoms with Gasteiger partial charge >= 0.3 is 6.18 Å². The summed E-state index contributed by atoms with van der Waals surface area (Å²) < 4.78 is 64.6. The number of nitrogens with zero attached hydrogens (tertiary/aromatic N) is 3. The summed E-state index contributed by atoms with van der Waals surface area (Å²) in [5.41, 5.74) is 1.84. The molecule has 1 aliphatic carbocycles. The molecule has 3 heterocycles. The summed E-state index contributed by atoms with van der Waals surface area (Å²) in [6.45, 7) is 4.61. The fourth-order valence-electron chi connectivity index (χ4n) is 5.47. The summed E-state index contributed by atoms with van der Waals surface area (Å²) in [5.74, 6) is 0.144. The number of halogens is 3. The van der Waals surface area contributed by atoms with Gasteiger partial charge in [-0.25, -0.2) is 0 Å². The third kappa shape index (κ3) is 4.87. The van der Waals surface area contributed by atoms with Crippen LogP contribution >= 0.6 is 0 Å². The third-order valence-corrected chi connectivity index (χ3v) is 7.16. The molecule has 0 amide bonds. The molecule has 3 atom stereocenters. The summed E-state index contributed by atoms with van der Waals surface area (Å²) in [4.78, 5) is 1.91. The normalized spacial score (nSPS) is 29.1. The molecule has 0 radical (unpaired) electrons. The van der Waals surface area contributed by atoms with Crippen molar-refractivity contribution in [2.75, 3.05) is 38.1 Å². The Labute approximate surface area is 195 Å². The van der Waals surface area contributed by atoms with Crippen molar-refractivity contribution in [3.63, 3.8) is 0 Å². The highest BCUT2D eigenvalue weighted by Crippen LogP contribution is 2.42. The number of hydrogen-bond acceptors (Lipinski definition) is 5. The number of benzene rings is 1. The highest BCUT2D eigenvalue weighted by molar-refractivity contribution is 5.66. The van der Waals surface area contributed by atoms with Crippen molar-refractivity contribution in [3.05, 3.63) is 41.0 Å². The molecule has 1 aromatic carbocycles. The molecular formula is C25H31F3N4O. The fourth-order valence-corrected chi connectivity index (χ4v) is 5.47. The maximum atomic E-state index is 14.0. The van der Waals surface area contributed by atoms with E-state index in [0.717, 1.165) is 23.6 Å². The molecule has 2 unspecified atom stereocenters. The van der Waals surface area contributed by atoms with Crippen LogP contribution in [0.3, 0.4) is 0 Å². The second-order valence-electron chi connectivity index (χ2n) is 9.74. The first-order valence-electron chi connectivity index (χ1n) is 12.6. The molecule has 8 heteroatoms. The van der Waals surface area contributed by atoms with Crippen LogP contribution in [0.4, 0.5) is 19.0 Å². The van der Waals surface area contributed by atoms with E-state index >= 15 is 0 Å². The third-order valence-electron chi connectivity index (χ3n) is 7.16. The summed E-state index contributed by atoms with van der Waals surface area (Å²) in [7, 11) is 0. The first-order valence-corrected chi connectivity index (χ1v) is 11.6. The van der Waals surface area contributed by atoms with E-state index in [0.29, 0.717) is 44.7 Å². The van der Waals surface area contributed by atoms with Crippen molar-refractivity contribution in [1.82, 2.24) is 15.1 Å². The van der Waals surface area contributed by atoms with E-state index in [2.05, 4.69) is 15.5 Å². The van der Waals surface area contributed by atoms with E-state index in [1.807, 2.05) is 36.9 Å². The number of rotatable bonds is 5. The van der Waals surface area contributed by atoms with E-state index in [1.54, 1.807) is 0 Å². The van der Waals surface area contributed by atoms with Crippen LogP contribution < -0.4 is 5.32 Å². The van der Waals surface area contributed by atoms with Crippen molar-refractivity contribution in [1.29, 1.82) is 0 Å². The first kappa shape index (κ1) is 20.2. The van der Waals surface area contributed by atoms with Gasteiger partial charge in [0.05, 0.1) is 12.3 Å². The number of hydrogen-bond donors (Lipinski definition) is 1. The average Bonchev–Trinajstić information content (AvgIpc) is 3.52. The molecule has 2 saturated heterocycles. The van der Waals surface area contributed by atoms with Gasteiger partial charge in [-0.1, -0.05) is 17.7 Å². The molecule has 2 aromatic rings. The topological polar surface area (TPSA) is 50.3 Å². The van der Waals surface area contributed by atoms with Crippen molar-refractivity contribution >= 4 is 5.82 Å². The van der Waals surface area contributed by atoms with Gasteiger partial charge in [0, 0.05) is 40.5 Å². The standard InChI is InChI=1S/C25H31F3N4O/c1-15-3-4-16(2)21(7-15)23-10-22(25(26,27)28)24(31-30-23)29-20-8-18-12-32(13-19(18)9-20)11-17-5-6-33-14-17/h3-4,7,10,17-20H,5-6,8-9,11-14H2,1-2H3,(H,29,31)/t17-,18?,19?,20?/m1/s1/i11D2. The van der Waals surface area contributed by atoms with E-state index in [9.17, 15) is 13.2 Å². The molecule has 33 heavy (non-hydrogen) atoms. The minimum atomic E-state index is -4.56. The predicted octanol–water partition coefficient (Wildman–Crippen LogP) is 4.94. The molecule has 5 rings (SSSR count). The quantitative estimate of drug-likeness (QED) is 0.682. The Hall–Kier alpha value is -2.19.